The van der Waals surface area contributed by atoms with Gasteiger partial charge in [0.25, 0.3) is 0 Å². The summed E-state index contributed by atoms with van der Waals surface area (Å²) in [6, 6.07) is 5.00. The average Bonchev–Trinajstić information content (AvgIpc) is 2.46. The average molecular weight is 321 g/mol. The summed E-state index contributed by atoms with van der Waals surface area (Å²) in [4.78, 5) is 19.7. The topological polar surface area (TPSA) is 70.5 Å². The predicted molar refractivity (Wildman–Crippen MR) is 77.9 cm³/mol. The first kappa shape index (κ1) is 14.6. The second-order valence-electron chi connectivity index (χ2n) is 5.20. The summed E-state index contributed by atoms with van der Waals surface area (Å²) in [5.74, 6) is -0.406. The lowest BCUT2D eigenvalue weighted by Gasteiger charge is -2.31. The Hall–Kier alpha value is -2.34. The number of benzene rings is 1. The molecule has 6 nitrogen and oxygen atoms in total. The fraction of sp³-hybridized carbons (Fsp3) is 0.267. The number of carbonyl (C=O) groups is 1. The lowest BCUT2D eigenvalue weighted by Crippen LogP contribution is -2.38. The second-order valence-corrected chi connectivity index (χ2v) is 5.54. The van der Waals surface area contributed by atoms with Gasteiger partial charge >= 0.3 is 5.97 Å². The monoisotopic (exact) mass is 320 g/mol. The van der Waals surface area contributed by atoms with E-state index in [-0.39, 0.29) is 11.9 Å². The van der Waals surface area contributed by atoms with Crippen molar-refractivity contribution in [2.24, 2.45) is 0 Å². The van der Waals surface area contributed by atoms with Gasteiger partial charge in [0.05, 0.1) is 0 Å². The molecule has 0 radical (unpaired) electrons. The van der Waals surface area contributed by atoms with E-state index in [9.17, 15) is 4.79 Å². The number of ether oxygens (including phenoxy) is 3. The van der Waals surface area contributed by atoms with Gasteiger partial charge in [-0.3, -0.25) is 0 Å². The van der Waals surface area contributed by atoms with Crippen molar-refractivity contribution in [3.8, 4) is 11.5 Å². The van der Waals surface area contributed by atoms with Gasteiger partial charge in [0.2, 0.25) is 11.1 Å². The van der Waals surface area contributed by atoms with Crippen LogP contribution in [0.15, 0.2) is 30.6 Å². The van der Waals surface area contributed by atoms with Crippen molar-refractivity contribution in [2.75, 3.05) is 0 Å². The third-order valence-corrected chi connectivity index (χ3v) is 3.14. The van der Waals surface area contributed by atoms with Gasteiger partial charge in [-0.1, -0.05) is 0 Å². The maximum Gasteiger partial charge on any atom is 0.345 e. The van der Waals surface area contributed by atoms with Crippen molar-refractivity contribution in [2.45, 2.75) is 26.2 Å². The molecular weight excluding hydrogens is 308 g/mol. The Balaban J connectivity index is 1.75. The number of halogens is 1. The Morgan fingerprint density at radius 2 is 1.95 bits per heavy atom. The Morgan fingerprint density at radius 1 is 1.23 bits per heavy atom. The Morgan fingerprint density at radius 3 is 2.68 bits per heavy atom. The number of rotatable bonds is 3. The van der Waals surface area contributed by atoms with Gasteiger partial charge in [0.15, 0.2) is 0 Å². The number of hydrogen-bond acceptors (Lipinski definition) is 6. The van der Waals surface area contributed by atoms with Crippen LogP contribution in [0.3, 0.4) is 0 Å². The minimum atomic E-state index is -0.965. The largest absolute Gasteiger partial charge is 0.489 e. The van der Waals surface area contributed by atoms with Crippen molar-refractivity contribution in [1.82, 2.24) is 9.97 Å². The maximum absolute atomic E-state index is 12.0. The molecule has 0 unspecified atom stereocenters. The summed E-state index contributed by atoms with van der Waals surface area (Å²) in [7, 11) is 0. The van der Waals surface area contributed by atoms with Crippen LogP contribution in [-0.4, -0.2) is 21.7 Å². The fourth-order valence-corrected chi connectivity index (χ4v) is 2.09. The van der Waals surface area contributed by atoms with Crippen LogP contribution in [0.4, 0.5) is 0 Å². The summed E-state index contributed by atoms with van der Waals surface area (Å²) in [5.41, 5.74) is 1.10. The molecule has 0 spiro atoms. The van der Waals surface area contributed by atoms with Gasteiger partial charge in [0.1, 0.15) is 23.7 Å². The van der Waals surface area contributed by atoms with Crippen molar-refractivity contribution in [1.29, 1.82) is 0 Å². The van der Waals surface area contributed by atoms with Crippen LogP contribution in [0, 0.1) is 0 Å². The molecule has 1 aliphatic rings. The zero-order valence-corrected chi connectivity index (χ0v) is 12.8. The van der Waals surface area contributed by atoms with Crippen molar-refractivity contribution in [3.05, 3.63) is 47.0 Å². The molecule has 0 aliphatic carbocycles. The van der Waals surface area contributed by atoms with E-state index >= 15 is 0 Å². The summed E-state index contributed by atoms with van der Waals surface area (Å²) < 4.78 is 16.4. The van der Waals surface area contributed by atoms with Crippen LogP contribution in [0.1, 0.15) is 29.8 Å². The highest BCUT2D eigenvalue weighted by atomic mass is 35.5. The maximum atomic E-state index is 12.0. The van der Waals surface area contributed by atoms with E-state index in [0.29, 0.717) is 17.1 Å². The first-order valence-electron chi connectivity index (χ1n) is 6.58. The molecule has 1 aromatic carbocycles. The standard InChI is InChI=1S/C15H13ClN2O4/c1-15(2)21-12-4-3-10(5-11(12)13(19)22-15)20-8-9-6-17-14(16)18-7-9/h3-7H,8H2,1-2H3. The normalized spacial score (nSPS) is 15.5. The number of cyclic esters (lactones) is 1. The molecule has 2 aromatic rings. The van der Waals surface area contributed by atoms with Crippen molar-refractivity contribution in [3.63, 3.8) is 0 Å². The van der Waals surface area contributed by atoms with Crippen LogP contribution < -0.4 is 9.47 Å². The molecule has 0 saturated carbocycles. The molecule has 7 heteroatoms. The number of aromatic nitrogens is 2. The van der Waals surface area contributed by atoms with E-state index in [1.165, 1.54) is 0 Å². The van der Waals surface area contributed by atoms with Crippen LogP contribution >= 0.6 is 11.6 Å². The lowest BCUT2D eigenvalue weighted by molar-refractivity contribution is -0.127. The molecule has 0 fully saturated rings. The Bertz CT molecular complexity index is 716. The molecule has 0 N–H and O–H groups in total. The first-order valence-corrected chi connectivity index (χ1v) is 6.96. The summed E-state index contributed by atoms with van der Waals surface area (Å²) in [6.45, 7) is 3.62. The number of carbonyl (C=O) groups excluding carboxylic acids is 1. The molecule has 0 saturated heterocycles. The SMILES string of the molecule is CC1(C)OC(=O)c2cc(OCc3cnc(Cl)nc3)ccc2O1. The molecule has 2 heterocycles. The molecule has 1 aliphatic heterocycles. The molecule has 0 amide bonds. The zero-order chi connectivity index (χ0) is 15.7. The summed E-state index contributed by atoms with van der Waals surface area (Å²) in [6.07, 6.45) is 3.15. The second kappa shape index (κ2) is 5.46. The van der Waals surface area contributed by atoms with Gasteiger partial charge in [-0.2, -0.15) is 0 Å². The highest BCUT2D eigenvalue weighted by Crippen LogP contribution is 2.33. The molecule has 22 heavy (non-hydrogen) atoms. The summed E-state index contributed by atoms with van der Waals surface area (Å²) >= 11 is 5.62. The Kier molecular flexibility index (Phi) is 3.62. The molecular formula is C15H13ClN2O4. The Labute approximate surface area is 132 Å². The van der Waals surface area contributed by atoms with Gasteiger partial charge in [-0.05, 0) is 29.8 Å². The van der Waals surface area contributed by atoms with Gasteiger partial charge in [-0.25, -0.2) is 14.8 Å². The van der Waals surface area contributed by atoms with Gasteiger partial charge < -0.3 is 14.2 Å². The van der Waals surface area contributed by atoms with Gasteiger partial charge in [-0.15, -0.1) is 0 Å². The number of fused-ring (bicyclic) bond motifs is 1. The van der Waals surface area contributed by atoms with Crippen molar-refractivity contribution < 1.29 is 19.0 Å². The fourth-order valence-electron chi connectivity index (χ4n) is 1.99. The quantitative estimate of drug-likeness (QED) is 0.639. The van der Waals surface area contributed by atoms with Crippen LogP contribution in [0.25, 0.3) is 0 Å². The molecule has 3 rings (SSSR count). The first-order chi connectivity index (χ1) is 10.4. The van der Waals surface area contributed by atoms with Crippen LogP contribution in [0.2, 0.25) is 5.28 Å². The van der Waals surface area contributed by atoms with E-state index in [2.05, 4.69) is 9.97 Å². The van der Waals surface area contributed by atoms with E-state index in [1.54, 1.807) is 44.4 Å². The third kappa shape index (κ3) is 3.12. The van der Waals surface area contributed by atoms with Crippen molar-refractivity contribution >= 4 is 17.6 Å². The molecule has 114 valence electrons. The van der Waals surface area contributed by atoms with E-state index in [4.69, 9.17) is 25.8 Å². The van der Waals surface area contributed by atoms with Gasteiger partial charge in [0, 0.05) is 31.8 Å². The molecule has 1 aromatic heterocycles. The highest BCUT2D eigenvalue weighted by Gasteiger charge is 2.33. The van der Waals surface area contributed by atoms with Crippen LogP contribution in [0.5, 0.6) is 11.5 Å². The molecule has 0 bridgehead atoms. The zero-order valence-electron chi connectivity index (χ0n) is 12.0. The molecule has 0 atom stereocenters. The van der Waals surface area contributed by atoms with E-state index < -0.39 is 11.8 Å². The minimum Gasteiger partial charge on any atom is -0.489 e. The van der Waals surface area contributed by atoms with E-state index in [0.717, 1.165) is 5.56 Å². The third-order valence-electron chi connectivity index (χ3n) is 2.94. The lowest BCUT2D eigenvalue weighted by atomic mass is 10.1. The van der Waals surface area contributed by atoms with Crippen LogP contribution in [-0.2, 0) is 11.3 Å². The number of nitrogens with zero attached hydrogens (tertiary/aromatic N) is 2. The summed E-state index contributed by atoms with van der Waals surface area (Å²) in [5, 5.41) is 0.181. The highest BCUT2D eigenvalue weighted by molar-refractivity contribution is 6.28. The van der Waals surface area contributed by atoms with E-state index in [1.807, 2.05) is 0 Å². The number of esters is 1. The number of hydrogen-bond donors (Lipinski definition) is 0. The predicted octanol–water partition coefficient (Wildman–Crippen LogP) is 2.99. The smallest absolute Gasteiger partial charge is 0.345 e. The minimum absolute atomic E-state index is 0.181.